The van der Waals surface area contributed by atoms with Gasteiger partial charge in [0.15, 0.2) is 11.5 Å². The van der Waals surface area contributed by atoms with Gasteiger partial charge in [0.05, 0.1) is 19.0 Å². The molecule has 1 heterocycles. The zero-order valence-corrected chi connectivity index (χ0v) is 16.3. The molecule has 0 aromatic heterocycles. The third-order valence-electron chi connectivity index (χ3n) is 4.12. The topological polar surface area (TPSA) is 47.6 Å². The van der Waals surface area contributed by atoms with Crippen LogP contribution in [-0.2, 0) is 10.2 Å². The molecule has 0 bridgehead atoms. The van der Waals surface area contributed by atoms with E-state index in [1.807, 2.05) is 30.3 Å². The summed E-state index contributed by atoms with van der Waals surface area (Å²) >= 11 is 1.49. The zero-order chi connectivity index (χ0) is 18.6. The minimum absolute atomic E-state index is 0.0226. The van der Waals surface area contributed by atoms with Gasteiger partial charge in [0.1, 0.15) is 0 Å². The van der Waals surface area contributed by atoms with E-state index < -0.39 is 0 Å². The number of hydrogen-bond donors (Lipinski definition) is 1. The van der Waals surface area contributed by atoms with Gasteiger partial charge in [-0.1, -0.05) is 32.9 Å². The Morgan fingerprint density at radius 1 is 1.04 bits per heavy atom. The molecule has 0 radical (unpaired) electrons. The second kappa shape index (κ2) is 8.04. The molecule has 0 saturated heterocycles. The number of rotatable bonds is 4. The number of nitrogens with one attached hydrogen (secondary N) is 1. The normalized spacial score (nSPS) is 13.8. The molecule has 0 saturated carbocycles. The van der Waals surface area contributed by atoms with Gasteiger partial charge in [-0.2, -0.15) is 0 Å². The lowest BCUT2D eigenvalue weighted by molar-refractivity contribution is -0.113. The van der Waals surface area contributed by atoms with Gasteiger partial charge in [0.25, 0.3) is 0 Å². The van der Waals surface area contributed by atoms with Gasteiger partial charge in [0, 0.05) is 17.0 Å². The van der Waals surface area contributed by atoms with E-state index in [4.69, 9.17) is 9.47 Å². The Morgan fingerprint density at radius 3 is 2.42 bits per heavy atom. The number of carbonyl (C=O) groups excluding carboxylic acids is 1. The van der Waals surface area contributed by atoms with Crippen LogP contribution in [0.1, 0.15) is 32.8 Å². The highest BCUT2D eigenvalue weighted by molar-refractivity contribution is 8.00. The number of fused-ring (bicyclic) bond motifs is 1. The van der Waals surface area contributed by atoms with E-state index in [1.165, 1.54) is 17.3 Å². The molecule has 2 aromatic rings. The Bertz CT molecular complexity index is 766. The lowest BCUT2D eigenvalue weighted by Gasteiger charge is -2.19. The second-order valence-corrected chi connectivity index (χ2v) is 8.37. The zero-order valence-electron chi connectivity index (χ0n) is 15.5. The van der Waals surface area contributed by atoms with Crippen LogP contribution in [0.3, 0.4) is 0 Å². The molecule has 1 aliphatic rings. The van der Waals surface area contributed by atoms with Gasteiger partial charge in [-0.3, -0.25) is 4.79 Å². The van der Waals surface area contributed by atoms with E-state index in [0.29, 0.717) is 19.0 Å². The smallest absolute Gasteiger partial charge is 0.234 e. The largest absolute Gasteiger partial charge is 0.490 e. The number of benzene rings is 2. The monoisotopic (exact) mass is 371 g/mol. The third kappa shape index (κ3) is 4.94. The summed E-state index contributed by atoms with van der Waals surface area (Å²) in [7, 11) is 0. The molecule has 0 fully saturated rings. The van der Waals surface area contributed by atoms with Crippen molar-refractivity contribution >= 4 is 23.4 Å². The SMILES string of the molecule is CC(C)(C)c1ccc(NC(=O)CSc2ccc3c(c2)OCCCO3)cc1. The summed E-state index contributed by atoms with van der Waals surface area (Å²) in [5.74, 6) is 1.85. The molecule has 0 aliphatic carbocycles. The maximum absolute atomic E-state index is 12.2. The predicted molar refractivity (Wildman–Crippen MR) is 107 cm³/mol. The van der Waals surface area contributed by atoms with Crippen LogP contribution in [-0.4, -0.2) is 24.9 Å². The van der Waals surface area contributed by atoms with Gasteiger partial charge in [-0.05, 0) is 41.3 Å². The molecular formula is C21H25NO3S. The Labute approximate surface area is 159 Å². The average molecular weight is 372 g/mol. The summed E-state index contributed by atoms with van der Waals surface area (Å²) in [6, 6.07) is 13.8. The summed E-state index contributed by atoms with van der Waals surface area (Å²) < 4.78 is 11.3. The summed E-state index contributed by atoms with van der Waals surface area (Å²) in [6.07, 6.45) is 0.883. The van der Waals surface area contributed by atoms with Gasteiger partial charge in [0.2, 0.25) is 5.91 Å². The fraction of sp³-hybridized carbons (Fsp3) is 0.381. The Hall–Kier alpha value is -2.14. The number of amides is 1. The molecule has 0 spiro atoms. The number of carbonyl (C=O) groups is 1. The number of anilines is 1. The van der Waals surface area contributed by atoms with Crippen LogP contribution in [0.15, 0.2) is 47.4 Å². The summed E-state index contributed by atoms with van der Waals surface area (Å²) in [6.45, 7) is 7.85. The summed E-state index contributed by atoms with van der Waals surface area (Å²) in [5.41, 5.74) is 2.18. The molecule has 0 unspecified atom stereocenters. The molecule has 1 aliphatic heterocycles. The average Bonchev–Trinajstić information content (AvgIpc) is 2.84. The second-order valence-electron chi connectivity index (χ2n) is 7.32. The van der Waals surface area contributed by atoms with Crippen molar-refractivity contribution in [3.63, 3.8) is 0 Å². The van der Waals surface area contributed by atoms with Crippen LogP contribution >= 0.6 is 11.8 Å². The summed E-state index contributed by atoms with van der Waals surface area (Å²) in [5, 5.41) is 2.95. The molecular weight excluding hydrogens is 346 g/mol. The standard InChI is InChI=1S/C21H25NO3S/c1-21(2,3)15-5-7-16(8-6-15)22-20(23)14-26-17-9-10-18-19(13-17)25-12-4-11-24-18/h5-10,13H,4,11-12,14H2,1-3H3,(H,22,23). The van der Waals surface area contributed by atoms with Gasteiger partial charge in [-0.15, -0.1) is 11.8 Å². The molecule has 1 N–H and O–H groups in total. The van der Waals surface area contributed by atoms with E-state index in [9.17, 15) is 4.79 Å². The Morgan fingerprint density at radius 2 is 1.73 bits per heavy atom. The number of thioether (sulfide) groups is 1. The van der Waals surface area contributed by atoms with Crippen LogP contribution in [0, 0.1) is 0 Å². The molecule has 2 aromatic carbocycles. The van der Waals surface area contributed by atoms with Crippen LogP contribution in [0.25, 0.3) is 0 Å². The first-order chi connectivity index (χ1) is 12.4. The maximum atomic E-state index is 12.2. The lowest BCUT2D eigenvalue weighted by atomic mass is 9.87. The highest BCUT2D eigenvalue weighted by Gasteiger charge is 2.14. The number of ether oxygens (including phenoxy) is 2. The molecule has 0 atom stereocenters. The first kappa shape index (κ1) is 18.6. The molecule has 3 rings (SSSR count). The van der Waals surface area contributed by atoms with Crippen molar-refractivity contribution in [3.8, 4) is 11.5 Å². The van der Waals surface area contributed by atoms with Crippen molar-refractivity contribution in [3.05, 3.63) is 48.0 Å². The minimum atomic E-state index is -0.0226. The highest BCUT2D eigenvalue weighted by Crippen LogP contribution is 2.34. The third-order valence-corrected chi connectivity index (χ3v) is 5.12. The van der Waals surface area contributed by atoms with Crippen molar-refractivity contribution in [2.45, 2.75) is 37.5 Å². The van der Waals surface area contributed by atoms with E-state index >= 15 is 0 Å². The van der Waals surface area contributed by atoms with E-state index in [0.717, 1.165) is 28.5 Å². The summed E-state index contributed by atoms with van der Waals surface area (Å²) in [4.78, 5) is 13.2. The van der Waals surface area contributed by atoms with Crippen molar-refractivity contribution in [1.82, 2.24) is 0 Å². The molecule has 26 heavy (non-hydrogen) atoms. The van der Waals surface area contributed by atoms with E-state index in [2.05, 4.69) is 38.2 Å². The van der Waals surface area contributed by atoms with Crippen LogP contribution < -0.4 is 14.8 Å². The molecule has 5 heteroatoms. The predicted octanol–water partition coefficient (Wildman–Crippen LogP) is 4.88. The number of hydrogen-bond acceptors (Lipinski definition) is 4. The lowest BCUT2D eigenvalue weighted by Crippen LogP contribution is -2.15. The van der Waals surface area contributed by atoms with Crippen molar-refractivity contribution in [2.24, 2.45) is 0 Å². The first-order valence-corrected chi connectivity index (χ1v) is 9.83. The van der Waals surface area contributed by atoms with E-state index in [-0.39, 0.29) is 11.3 Å². The fourth-order valence-corrected chi connectivity index (χ4v) is 3.36. The van der Waals surface area contributed by atoms with Crippen molar-refractivity contribution < 1.29 is 14.3 Å². The molecule has 4 nitrogen and oxygen atoms in total. The van der Waals surface area contributed by atoms with Crippen molar-refractivity contribution in [2.75, 3.05) is 24.3 Å². The van der Waals surface area contributed by atoms with Crippen LogP contribution in [0.2, 0.25) is 0 Å². The quantitative estimate of drug-likeness (QED) is 0.779. The fourth-order valence-electron chi connectivity index (χ4n) is 2.63. The molecule has 138 valence electrons. The highest BCUT2D eigenvalue weighted by atomic mass is 32.2. The van der Waals surface area contributed by atoms with Crippen LogP contribution in [0.5, 0.6) is 11.5 Å². The van der Waals surface area contributed by atoms with Crippen LogP contribution in [0.4, 0.5) is 5.69 Å². The van der Waals surface area contributed by atoms with Crippen molar-refractivity contribution in [1.29, 1.82) is 0 Å². The Kier molecular flexibility index (Phi) is 5.77. The minimum Gasteiger partial charge on any atom is -0.490 e. The Balaban J connectivity index is 1.55. The maximum Gasteiger partial charge on any atom is 0.234 e. The van der Waals surface area contributed by atoms with Gasteiger partial charge >= 0.3 is 0 Å². The van der Waals surface area contributed by atoms with Gasteiger partial charge < -0.3 is 14.8 Å². The van der Waals surface area contributed by atoms with E-state index in [1.54, 1.807) is 0 Å². The van der Waals surface area contributed by atoms with Gasteiger partial charge in [-0.25, -0.2) is 0 Å². The first-order valence-electron chi connectivity index (χ1n) is 8.85. The molecule has 1 amide bonds.